The van der Waals surface area contributed by atoms with Gasteiger partial charge in [-0.3, -0.25) is 4.79 Å². The number of sulfonamides is 1. The van der Waals surface area contributed by atoms with Crippen molar-refractivity contribution >= 4 is 21.6 Å². The van der Waals surface area contributed by atoms with Crippen LogP contribution in [0, 0.1) is 0 Å². The molecule has 0 unspecified atom stereocenters. The van der Waals surface area contributed by atoms with E-state index in [0.29, 0.717) is 18.7 Å². The van der Waals surface area contributed by atoms with Crippen molar-refractivity contribution in [1.29, 1.82) is 0 Å². The van der Waals surface area contributed by atoms with E-state index in [1.165, 1.54) is 12.1 Å². The molecule has 35 heavy (non-hydrogen) atoms. The predicted molar refractivity (Wildman–Crippen MR) is 140 cm³/mol. The van der Waals surface area contributed by atoms with Crippen LogP contribution in [-0.4, -0.2) is 20.9 Å². The molecule has 178 valence electrons. The zero-order valence-corrected chi connectivity index (χ0v) is 20.1. The number of benzene rings is 4. The summed E-state index contributed by atoms with van der Waals surface area (Å²) in [7, 11) is -3.63. The van der Waals surface area contributed by atoms with Gasteiger partial charge in [0, 0.05) is 24.6 Å². The van der Waals surface area contributed by atoms with Crippen molar-refractivity contribution in [3.63, 3.8) is 0 Å². The summed E-state index contributed by atoms with van der Waals surface area (Å²) in [4.78, 5) is 13.0. The van der Waals surface area contributed by atoms with E-state index in [-0.39, 0.29) is 23.1 Å². The molecule has 0 aliphatic carbocycles. The van der Waals surface area contributed by atoms with Crippen LogP contribution in [0.25, 0.3) is 0 Å². The first kappa shape index (κ1) is 24.4. The van der Waals surface area contributed by atoms with Crippen LogP contribution in [0.4, 0.5) is 5.69 Å². The van der Waals surface area contributed by atoms with E-state index < -0.39 is 10.0 Å². The maximum atomic E-state index is 12.9. The summed E-state index contributed by atoms with van der Waals surface area (Å²) in [5.74, 6) is -0.217. The van der Waals surface area contributed by atoms with E-state index in [2.05, 4.69) is 10.0 Å². The Labute approximate surface area is 206 Å². The highest BCUT2D eigenvalue weighted by Gasteiger charge is 2.19. The second-order valence-corrected chi connectivity index (χ2v) is 10.1. The lowest BCUT2D eigenvalue weighted by molar-refractivity contribution is -0.116. The van der Waals surface area contributed by atoms with Gasteiger partial charge in [-0.05, 0) is 47.4 Å². The summed E-state index contributed by atoms with van der Waals surface area (Å²) >= 11 is 0. The highest BCUT2D eigenvalue weighted by atomic mass is 32.2. The summed E-state index contributed by atoms with van der Waals surface area (Å²) in [5.41, 5.74) is 3.75. The van der Waals surface area contributed by atoms with E-state index in [0.717, 1.165) is 16.7 Å². The van der Waals surface area contributed by atoms with Gasteiger partial charge in [0.1, 0.15) is 0 Å². The van der Waals surface area contributed by atoms with E-state index >= 15 is 0 Å². The van der Waals surface area contributed by atoms with Gasteiger partial charge in [0.05, 0.1) is 4.90 Å². The average Bonchev–Trinajstić information content (AvgIpc) is 2.89. The van der Waals surface area contributed by atoms with Crippen molar-refractivity contribution in [2.75, 3.05) is 11.9 Å². The predicted octanol–water partition coefficient (Wildman–Crippen LogP) is 5.37. The number of hydrogen-bond donors (Lipinski definition) is 2. The van der Waals surface area contributed by atoms with Crippen molar-refractivity contribution in [3.05, 3.63) is 132 Å². The van der Waals surface area contributed by atoms with Gasteiger partial charge in [-0.2, -0.15) is 0 Å². The molecule has 0 aliphatic heterocycles. The minimum atomic E-state index is -3.63. The quantitative estimate of drug-likeness (QED) is 0.318. The van der Waals surface area contributed by atoms with Crippen molar-refractivity contribution in [2.45, 2.75) is 23.7 Å². The number of nitrogens with one attached hydrogen (secondary N) is 2. The third kappa shape index (κ3) is 6.88. The van der Waals surface area contributed by atoms with Gasteiger partial charge in [-0.25, -0.2) is 13.1 Å². The summed E-state index contributed by atoms with van der Waals surface area (Å²) in [6, 6.07) is 35.8. The Kier molecular flexibility index (Phi) is 8.08. The van der Waals surface area contributed by atoms with Crippen molar-refractivity contribution in [3.8, 4) is 0 Å². The molecular formula is C29H28N2O3S. The molecule has 0 radical (unpaired) electrons. The Bertz CT molecular complexity index is 1290. The summed E-state index contributed by atoms with van der Waals surface area (Å²) in [5, 5.41) is 2.90. The molecule has 2 N–H and O–H groups in total. The summed E-state index contributed by atoms with van der Waals surface area (Å²) < 4.78 is 27.9. The molecule has 4 aromatic rings. The molecule has 0 aromatic heterocycles. The van der Waals surface area contributed by atoms with Crippen LogP contribution in [0.1, 0.15) is 29.0 Å². The van der Waals surface area contributed by atoms with Gasteiger partial charge >= 0.3 is 0 Å². The molecule has 6 heteroatoms. The minimum Gasteiger partial charge on any atom is -0.326 e. The van der Waals surface area contributed by atoms with Crippen molar-refractivity contribution in [1.82, 2.24) is 4.72 Å². The molecular weight excluding hydrogens is 456 g/mol. The fourth-order valence-corrected chi connectivity index (χ4v) is 5.00. The fraction of sp³-hybridized carbons (Fsp3) is 0.138. The van der Waals surface area contributed by atoms with Gasteiger partial charge < -0.3 is 5.32 Å². The Hall–Kier alpha value is -3.74. The van der Waals surface area contributed by atoms with Gasteiger partial charge in [0.2, 0.25) is 15.9 Å². The molecule has 0 aliphatic rings. The molecule has 0 heterocycles. The highest BCUT2D eigenvalue weighted by Crippen LogP contribution is 2.28. The topological polar surface area (TPSA) is 75.3 Å². The van der Waals surface area contributed by atoms with Crippen molar-refractivity contribution in [2.24, 2.45) is 0 Å². The maximum absolute atomic E-state index is 12.9. The van der Waals surface area contributed by atoms with Crippen LogP contribution in [0.15, 0.2) is 120 Å². The van der Waals surface area contributed by atoms with Crippen LogP contribution in [-0.2, 0) is 21.2 Å². The van der Waals surface area contributed by atoms with Crippen LogP contribution >= 0.6 is 0 Å². The molecule has 0 atom stereocenters. The van der Waals surface area contributed by atoms with E-state index in [1.54, 1.807) is 12.1 Å². The van der Waals surface area contributed by atoms with Gasteiger partial charge in [0.15, 0.2) is 0 Å². The van der Waals surface area contributed by atoms with Crippen LogP contribution in [0.3, 0.4) is 0 Å². The monoisotopic (exact) mass is 484 g/mol. The van der Waals surface area contributed by atoms with E-state index in [9.17, 15) is 13.2 Å². The molecule has 5 nitrogen and oxygen atoms in total. The second-order valence-electron chi connectivity index (χ2n) is 8.28. The fourth-order valence-electron chi connectivity index (χ4n) is 3.97. The maximum Gasteiger partial charge on any atom is 0.240 e. The lowest BCUT2D eigenvalue weighted by Gasteiger charge is -2.18. The average molecular weight is 485 g/mol. The number of amides is 1. The third-order valence-electron chi connectivity index (χ3n) is 5.79. The second kappa shape index (κ2) is 11.6. The SMILES string of the molecule is O=C(CC(c1ccccc1)c1ccccc1)Nc1ccc(S(=O)(=O)NCCc2ccccc2)cc1. The minimum absolute atomic E-state index is 0.0779. The first-order valence-electron chi connectivity index (χ1n) is 11.5. The highest BCUT2D eigenvalue weighted by molar-refractivity contribution is 7.89. The van der Waals surface area contributed by atoms with Gasteiger partial charge in [-0.15, -0.1) is 0 Å². The number of anilines is 1. The smallest absolute Gasteiger partial charge is 0.240 e. The van der Waals surface area contributed by atoms with Crippen LogP contribution in [0.5, 0.6) is 0 Å². The van der Waals surface area contributed by atoms with Gasteiger partial charge in [-0.1, -0.05) is 91.0 Å². The number of hydrogen-bond acceptors (Lipinski definition) is 3. The Morgan fingerprint density at radius 3 is 1.74 bits per heavy atom. The van der Waals surface area contributed by atoms with Crippen LogP contribution < -0.4 is 10.0 Å². The molecule has 0 saturated carbocycles. The third-order valence-corrected chi connectivity index (χ3v) is 7.27. The number of carbonyl (C=O) groups excluding carboxylic acids is 1. The first-order valence-corrected chi connectivity index (χ1v) is 13.0. The number of carbonyl (C=O) groups is 1. The standard InChI is InChI=1S/C29H28N2O3S/c32-29(22-28(24-12-6-2-7-13-24)25-14-8-3-9-15-25)31-26-16-18-27(19-17-26)35(33,34)30-21-20-23-10-4-1-5-11-23/h1-19,28,30H,20-22H2,(H,31,32). The Balaban J connectivity index is 1.38. The van der Waals surface area contributed by atoms with Gasteiger partial charge in [0.25, 0.3) is 0 Å². The zero-order valence-electron chi connectivity index (χ0n) is 19.3. The normalized spacial score (nSPS) is 11.3. The molecule has 0 bridgehead atoms. The molecule has 4 rings (SSSR count). The largest absolute Gasteiger partial charge is 0.326 e. The first-order chi connectivity index (χ1) is 17.0. The van der Waals surface area contributed by atoms with E-state index in [1.807, 2.05) is 91.0 Å². The molecule has 0 fully saturated rings. The van der Waals surface area contributed by atoms with E-state index in [4.69, 9.17) is 0 Å². The number of rotatable bonds is 10. The zero-order chi connectivity index (χ0) is 24.5. The Morgan fingerprint density at radius 2 is 1.20 bits per heavy atom. The lowest BCUT2D eigenvalue weighted by Crippen LogP contribution is -2.26. The summed E-state index contributed by atoms with van der Waals surface area (Å²) in [6.45, 7) is 0.311. The van der Waals surface area contributed by atoms with Crippen molar-refractivity contribution < 1.29 is 13.2 Å². The molecule has 4 aromatic carbocycles. The lowest BCUT2D eigenvalue weighted by atomic mass is 9.88. The molecule has 0 saturated heterocycles. The molecule has 1 amide bonds. The molecule has 0 spiro atoms. The Morgan fingerprint density at radius 1 is 0.686 bits per heavy atom. The van der Waals surface area contributed by atoms with Crippen LogP contribution in [0.2, 0.25) is 0 Å². The summed E-state index contributed by atoms with van der Waals surface area (Å²) in [6.07, 6.45) is 0.882.